The molecule has 1 nitrogen and oxygen atoms in total. The summed E-state index contributed by atoms with van der Waals surface area (Å²) in [5.74, 6) is 0. The van der Waals surface area contributed by atoms with Crippen molar-refractivity contribution in [2.75, 3.05) is 13.6 Å². The highest BCUT2D eigenvalue weighted by Crippen LogP contribution is 2.42. The Morgan fingerprint density at radius 1 is 1.11 bits per heavy atom. The Morgan fingerprint density at radius 3 is 2.22 bits per heavy atom. The molecule has 0 amide bonds. The van der Waals surface area contributed by atoms with Crippen LogP contribution in [0.5, 0.6) is 0 Å². The molecule has 3 heteroatoms. The molecule has 1 aromatic carbocycles. The second-order valence-corrected chi connectivity index (χ2v) is 5.46. The van der Waals surface area contributed by atoms with E-state index in [9.17, 15) is 0 Å². The van der Waals surface area contributed by atoms with Gasteiger partial charge in [-0.15, -0.1) is 0 Å². The van der Waals surface area contributed by atoms with E-state index < -0.39 is 0 Å². The van der Waals surface area contributed by atoms with Crippen LogP contribution < -0.4 is 5.32 Å². The standard InChI is InChI=1S/C13H17Cl2N.C2H6/c1-16-9-13(6-2-3-7-13)10-4-5-11(14)12(15)8-10;1-2/h4-5,8,16H,2-3,6-7,9H2,1H3;1-2H3. The van der Waals surface area contributed by atoms with E-state index in [1.165, 1.54) is 31.2 Å². The predicted molar refractivity (Wildman–Crippen MR) is 81.9 cm³/mol. The summed E-state index contributed by atoms with van der Waals surface area (Å²) < 4.78 is 0. The van der Waals surface area contributed by atoms with E-state index >= 15 is 0 Å². The van der Waals surface area contributed by atoms with Gasteiger partial charge in [0.2, 0.25) is 0 Å². The van der Waals surface area contributed by atoms with Crippen molar-refractivity contribution in [3.8, 4) is 0 Å². The Labute approximate surface area is 121 Å². The van der Waals surface area contributed by atoms with Gasteiger partial charge in [-0.1, -0.05) is 56.0 Å². The van der Waals surface area contributed by atoms with Crippen molar-refractivity contribution >= 4 is 23.2 Å². The van der Waals surface area contributed by atoms with Crippen LogP contribution in [0.3, 0.4) is 0 Å². The molecule has 0 radical (unpaired) electrons. The summed E-state index contributed by atoms with van der Waals surface area (Å²) >= 11 is 12.1. The van der Waals surface area contributed by atoms with Crippen molar-refractivity contribution in [2.24, 2.45) is 0 Å². The Kier molecular flexibility index (Phi) is 6.48. The zero-order chi connectivity index (χ0) is 13.6. The van der Waals surface area contributed by atoms with Gasteiger partial charge in [0.1, 0.15) is 0 Å². The van der Waals surface area contributed by atoms with E-state index in [4.69, 9.17) is 23.2 Å². The number of hydrogen-bond acceptors (Lipinski definition) is 1. The van der Waals surface area contributed by atoms with E-state index in [0.717, 1.165) is 6.54 Å². The first kappa shape index (κ1) is 15.8. The first-order valence-corrected chi connectivity index (χ1v) is 7.54. The number of rotatable bonds is 3. The first-order chi connectivity index (χ1) is 8.68. The largest absolute Gasteiger partial charge is 0.319 e. The molecule has 102 valence electrons. The van der Waals surface area contributed by atoms with Crippen LogP contribution in [0.15, 0.2) is 18.2 Å². The van der Waals surface area contributed by atoms with Crippen LogP contribution in [-0.4, -0.2) is 13.6 Å². The maximum atomic E-state index is 6.10. The van der Waals surface area contributed by atoms with E-state index in [1.807, 2.05) is 33.0 Å². The number of benzene rings is 1. The molecule has 1 aromatic rings. The molecule has 0 atom stereocenters. The van der Waals surface area contributed by atoms with Crippen molar-refractivity contribution in [3.05, 3.63) is 33.8 Å². The molecule has 1 aliphatic carbocycles. The fourth-order valence-corrected chi connectivity index (χ4v) is 3.08. The van der Waals surface area contributed by atoms with Gasteiger partial charge < -0.3 is 5.32 Å². The second kappa shape index (κ2) is 7.37. The summed E-state index contributed by atoms with van der Waals surface area (Å²) in [6.45, 7) is 5.02. The van der Waals surface area contributed by atoms with Crippen molar-refractivity contribution in [1.82, 2.24) is 5.32 Å². The van der Waals surface area contributed by atoms with Crippen molar-refractivity contribution in [2.45, 2.75) is 44.9 Å². The van der Waals surface area contributed by atoms with Gasteiger partial charge in [-0.05, 0) is 37.6 Å². The lowest BCUT2D eigenvalue weighted by Gasteiger charge is -2.29. The summed E-state index contributed by atoms with van der Waals surface area (Å²) in [5.41, 5.74) is 1.59. The zero-order valence-corrected chi connectivity index (χ0v) is 13.0. The third-order valence-electron chi connectivity index (χ3n) is 3.61. The summed E-state index contributed by atoms with van der Waals surface area (Å²) in [4.78, 5) is 0. The molecule has 1 saturated carbocycles. The van der Waals surface area contributed by atoms with Crippen LogP contribution in [0.1, 0.15) is 45.1 Å². The highest BCUT2D eigenvalue weighted by atomic mass is 35.5. The minimum atomic E-state index is 0.267. The summed E-state index contributed by atoms with van der Waals surface area (Å²) in [6.07, 6.45) is 5.10. The second-order valence-electron chi connectivity index (χ2n) is 4.65. The lowest BCUT2D eigenvalue weighted by atomic mass is 9.79. The number of nitrogens with one attached hydrogen (secondary N) is 1. The average Bonchev–Trinajstić information content (AvgIpc) is 2.85. The van der Waals surface area contributed by atoms with Crippen LogP contribution in [0.2, 0.25) is 10.0 Å². The molecular formula is C15H23Cl2N. The molecule has 1 N–H and O–H groups in total. The number of likely N-dealkylation sites (N-methyl/N-ethyl adjacent to an activating group) is 1. The summed E-state index contributed by atoms with van der Waals surface area (Å²) in [6, 6.07) is 6.07. The van der Waals surface area contributed by atoms with Crippen molar-refractivity contribution in [3.63, 3.8) is 0 Å². The Hall–Kier alpha value is -0.240. The lowest BCUT2D eigenvalue weighted by Crippen LogP contribution is -2.34. The average molecular weight is 288 g/mol. The monoisotopic (exact) mass is 287 g/mol. The summed E-state index contributed by atoms with van der Waals surface area (Å²) in [5, 5.41) is 4.62. The predicted octanol–water partition coefficient (Wildman–Crippen LogP) is 5.05. The quantitative estimate of drug-likeness (QED) is 0.820. The first-order valence-electron chi connectivity index (χ1n) is 6.78. The van der Waals surface area contributed by atoms with Gasteiger partial charge in [0.25, 0.3) is 0 Å². The van der Waals surface area contributed by atoms with Crippen LogP contribution in [0, 0.1) is 0 Å². The molecule has 0 unspecified atom stereocenters. The van der Waals surface area contributed by atoms with Gasteiger partial charge >= 0.3 is 0 Å². The van der Waals surface area contributed by atoms with Gasteiger partial charge in [-0.2, -0.15) is 0 Å². The molecule has 0 aromatic heterocycles. The Morgan fingerprint density at radius 2 is 1.72 bits per heavy atom. The van der Waals surface area contributed by atoms with Crippen molar-refractivity contribution in [1.29, 1.82) is 0 Å². The molecule has 1 aliphatic rings. The molecule has 0 saturated heterocycles. The molecule has 1 fully saturated rings. The van der Waals surface area contributed by atoms with Crippen LogP contribution in [0.4, 0.5) is 0 Å². The molecule has 0 bridgehead atoms. The minimum Gasteiger partial charge on any atom is -0.319 e. The van der Waals surface area contributed by atoms with Crippen LogP contribution in [-0.2, 0) is 5.41 Å². The maximum absolute atomic E-state index is 6.10. The highest BCUT2D eigenvalue weighted by Gasteiger charge is 2.35. The highest BCUT2D eigenvalue weighted by molar-refractivity contribution is 6.42. The van der Waals surface area contributed by atoms with Gasteiger partial charge in [0.15, 0.2) is 0 Å². The molecule has 0 spiro atoms. The Bertz CT molecular complexity index is 371. The molecule has 0 aliphatic heterocycles. The van der Waals surface area contributed by atoms with Crippen molar-refractivity contribution < 1.29 is 0 Å². The smallest absolute Gasteiger partial charge is 0.0595 e. The van der Waals surface area contributed by atoms with E-state index in [2.05, 4.69) is 11.4 Å². The van der Waals surface area contributed by atoms with E-state index in [-0.39, 0.29) is 5.41 Å². The normalized spacial score (nSPS) is 17.2. The SMILES string of the molecule is CC.CNCC1(c2ccc(Cl)c(Cl)c2)CCCC1. The molecular weight excluding hydrogens is 265 g/mol. The third kappa shape index (κ3) is 3.40. The van der Waals surface area contributed by atoms with Crippen LogP contribution >= 0.6 is 23.2 Å². The van der Waals surface area contributed by atoms with Gasteiger partial charge in [-0.25, -0.2) is 0 Å². The van der Waals surface area contributed by atoms with Crippen LogP contribution in [0.25, 0.3) is 0 Å². The van der Waals surface area contributed by atoms with Gasteiger partial charge in [0.05, 0.1) is 10.0 Å². The number of halogens is 2. The van der Waals surface area contributed by atoms with Gasteiger partial charge in [-0.3, -0.25) is 0 Å². The number of hydrogen-bond donors (Lipinski definition) is 1. The van der Waals surface area contributed by atoms with E-state index in [1.54, 1.807) is 0 Å². The molecule has 2 rings (SSSR count). The molecule has 0 heterocycles. The fraction of sp³-hybridized carbons (Fsp3) is 0.600. The lowest BCUT2D eigenvalue weighted by molar-refractivity contribution is 0.421. The fourth-order valence-electron chi connectivity index (χ4n) is 2.78. The molecule has 18 heavy (non-hydrogen) atoms. The third-order valence-corrected chi connectivity index (χ3v) is 4.35. The maximum Gasteiger partial charge on any atom is 0.0595 e. The van der Waals surface area contributed by atoms with E-state index in [0.29, 0.717) is 10.0 Å². The minimum absolute atomic E-state index is 0.267. The Balaban J connectivity index is 0.000000771. The zero-order valence-electron chi connectivity index (χ0n) is 11.5. The summed E-state index contributed by atoms with van der Waals surface area (Å²) in [7, 11) is 2.01. The topological polar surface area (TPSA) is 12.0 Å². The van der Waals surface area contributed by atoms with Gasteiger partial charge in [0, 0.05) is 12.0 Å².